The van der Waals surface area contributed by atoms with Gasteiger partial charge in [0, 0.05) is 12.1 Å². The second-order valence-corrected chi connectivity index (χ2v) is 9.51. The van der Waals surface area contributed by atoms with Gasteiger partial charge in [0.15, 0.2) is 0 Å². The minimum atomic E-state index is -0.930. The minimum Gasteiger partial charge on any atom is -0.344 e. The van der Waals surface area contributed by atoms with Crippen molar-refractivity contribution in [2.24, 2.45) is 0 Å². The Morgan fingerprint density at radius 2 is 1.72 bits per heavy atom. The number of halogens is 2. The van der Waals surface area contributed by atoms with Gasteiger partial charge >= 0.3 is 0 Å². The molecule has 4 rings (SSSR count). The van der Waals surface area contributed by atoms with Crippen molar-refractivity contribution in [1.29, 1.82) is 0 Å². The number of hydrogen-bond donors (Lipinski definition) is 2. The van der Waals surface area contributed by atoms with Crippen molar-refractivity contribution in [1.82, 2.24) is 15.5 Å². The molecule has 3 atom stereocenters. The number of nitrogens with zero attached hydrogens (tertiary/aromatic N) is 1. The van der Waals surface area contributed by atoms with Crippen LogP contribution in [0.2, 0.25) is 0 Å². The highest BCUT2D eigenvalue weighted by molar-refractivity contribution is 5.92. The zero-order valence-corrected chi connectivity index (χ0v) is 20.3. The minimum absolute atomic E-state index is 0.105. The van der Waals surface area contributed by atoms with E-state index in [1.807, 2.05) is 47.4 Å². The summed E-state index contributed by atoms with van der Waals surface area (Å²) in [6, 6.07) is 11.0. The molecule has 0 radical (unpaired) electrons. The summed E-state index contributed by atoms with van der Waals surface area (Å²) >= 11 is 0. The maximum absolute atomic E-state index is 13.7. The summed E-state index contributed by atoms with van der Waals surface area (Å²) < 4.78 is 26.8. The predicted molar refractivity (Wildman–Crippen MR) is 132 cm³/mol. The van der Waals surface area contributed by atoms with Gasteiger partial charge in [-0.2, -0.15) is 0 Å². The van der Waals surface area contributed by atoms with Gasteiger partial charge in [0.2, 0.25) is 17.7 Å². The Bertz CT molecular complexity index is 1110. The number of carbonyl (C=O) groups excluding carboxylic acids is 3. The van der Waals surface area contributed by atoms with Gasteiger partial charge in [-0.25, -0.2) is 8.78 Å². The first-order valence-corrected chi connectivity index (χ1v) is 12.4. The molecule has 0 saturated heterocycles. The van der Waals surface area contributed by atoms with Crippen LogP contribution in [0.15, 0.2) is 60.7 Å². The molecule has 1 aliphatic heterocycles. The number of benzene rings is 2. The van der Waals surface area contributed by atoms with Gasteiger partial charge in [0.05, 0.1) is 12.5 Å². The Morgan fingerprint density at radius 1 is 1.06 bits per heavy atom. The van der Waals surface area contributed by atoms with Crippen LogP contribution in [0.1, 0.15) is 56.2 Å². The van der Waals surface area contributed by atoms with Crippen molar-refractivity contribution in [3.05, 3.63) is 83.4 Å². The van der Waals surface area contributed by atoms with Crippen LogP contribution in [0.25, 0.3) is 0 Å². The molecule has 2 aromatic carbocycles. The highest BCUT2D eigenvalue weighted by atomic mass is 19.1. The van der Waals surface area contributed by atoms with E-state index < -0.39 is 35.5 Å². The molecule has 0 aromatic heterocycles. The van der Waals surface area contributed by atoms with Crippen molar-refractivity contribution in [2.45, 2.75) is 69.6 Å². The third kappa shape index (κ3) is 6.17. The smallest absolute Gasteiger partial charge is 0.246 e. The van der Waals surface area contributed by atoms with Gasteiger partial charge in [-0.1, -0.05) is 55.3 Å². The molecular weight excluding hydrogens is 464 g/mol. The second-order valence-electron chi connectivity index (χ2n) is 9.51. The van der Waals surface area contributed by atoms with Crippen molar-refractivity contribution in [3.63, 3.8) is 0 Å². The van der Waals surface area contributed by atoms with E-state index in [4.69, 9.17) is 0 Å². The number of amides is 3. The molecule has 2 aromatic rings. The van der Waals surface area contributed by atoms with Crippen molar-refractivity contribution >= 4 is 17.7 Å². The highest BCUT2D eigenvalue weighted by Crippen LogP contribution is 2.34. The van der Waals surface area contributed by atoms with Crippen molar-refractivity contribution < 1.29 is 23.2 Å². The molecular formula is C28H31F2N3O3. The lowest BCUT2D eigenvalue weighted by Gasteiger charge is -2.36. The lowest BCUT2D eigenvalue weighted by molar-refractivity contribution is -0.140. The van der Waals surface area contributed by atoms with E-state index >= 15 is 0 Å². The molecule has 0 unspecified atom stereocenters. The van der Waals surface area contributed by atoms with E-state index in [1.54, 1.807) is 0 Å². The second kappa shape index (κ2) is 11.5. The summed E-state index contributed by atoms with van der Waals surface area (Å²) in [7, 11) is 0. The molecule has 0 spiro atoms. The Kier molecular flexibility index (Phi) is 8.13. The van der Waals surface area contributed by atoms with Crippen LogP contribution >= 0.6 is 0 Å². The molecule has 0 bridgehead atoms. The molecule has 8 heteroatoms. The fourth-order valence-electron chi connectivity index (χ4n) is 5.04. The number of nitrogens with one attached hydrogen (secondary N) is 2. The fraction of sp³-hybridized carbons (Fsp3) is 0.393. The molecule has 3 amide bonds. The third-order valence-electron chi connectivity index (χ3n) is 6.78. The van der Waals surface area contributed by atoms with E-state index in [-0.39, 0.29) is 30.0 Å². The average molecular weight is 496 g/mol. The van der Waals surface area contributed by atoms with Crippen LogP contribution < -0.4 is 10.6 Å². The van der Waals surface area contributed by atoms with Crippen LogP contribution in [-0.4, -0.2) is 40.7 Å². The van der Waals surface area contributed by atoms with Crippen LogP contribution in [0, 0.1) is 11.6 Å². The predicted octanol–water partition coefficient (Wildman–Crippen LogP) is 3.97. The third-order valence-corrected chi connectivity index (χ3v) is 6.78. The van der Waals surface area contributed by atoms with Crippen LogP contribution in [0.3, 0.4) is 0 Å². The monoisotopic (exact) mass is 495 g/mol. The zero-order valence-electron chi connectivity index (χ0n) is 20.3. The molecule has 1 aliphatic carbocycles. The summed E-state index contributed by atoms with van der Waals surface area (Å²) in [4.78, 5) is 40.9. The quantitative estimate of drug-likeness (QED) is 0.571. The summed E-state index contributed by atoms with van der Waals surface area (Å²) in [5.74, 6) is -2.73. The van der Waals surface area contributed by atoms with Gasteiger partial charge in [0.25, 0.3) is 0 Å². The van der Waals surface area contributed by atoms with Gasteiger partial charge in [-0.05, 0) is 49.4 Å². The number of hydrogen-bond acceptors (Lipinski definition) is 3. The maximum Gasteiger partial charge on any atom is 0.246 e. The van der Waals surface area contributed by atoms with Crippen molar-refractivity contribution in [2.75, 3.05) is 0 Å². The summed E-state index contributed by atoms with van der Waals surface area (Å²) in [6.45, 7) is 1.51. The molecule has 1 saturated carbocycles. The van der Waals surface area contributed by atoms with Gasteiger partial charge in [-0.3, -0.25) is 14.4 Å². The number of carbonyl (C=O) groups is 3. The first-order valence-electron chi connectivity index (χ1n) is 12.4. The maximum atomic E-state index is 13.7. The molecule has 1 fully saturated rings. The molecule has 2 aliphatic rings. The Balaban J connectivity index is 1.42. The zero-order chi connectivity index (χ0) is 25.7. The molecule has 190 valence electrons. The first kappa shape index (κ1) is 25.5. The van der Waals surface area contributed by atoms with E-state index in [0.717, 1.165) is 49.4 Å². The van der Waals surface area contributed by atoms with Crippen molar-refractivity contribution in [3.8, 4) is 0 Å². The standard InChI is InChI=1S/C28H31F2N3O3/c1-18(31-26(34)16-19-14-21(29)17-22(30)15-19)27(35)32-24-12-7-13-25(20-8-3-2-4-9-20)33(28(24)36)23-10-5-6-11-23/h2-4,7-9,13-15,17-18,23-25H,5-6,10-12,16H2,1H3,(H,31,34)(H,32,35)/t18-,24+,25+/m0/s1. The lowest BCUT2D eigenvalue weighted by Crippen LogP contribution is -2.54. The summed E-state index contributed by atoms with van der Waals surface area (Å²) in [5, 5.41) is 5.35. The van der Waals surface area contributed by atoms with E-state index in [0.29, 0.717) is 6.42 Å². The highest BCUT2D eigenvalue weighted by Gasteiger charge is 2.38. The van der Waals surface area contributed by atoms with E-state index in [2.05, 4.69) is 10.6 Å². The SMILES string of the molecule is C[C@H](NC(=O)Cc1cc(F)cc(F)c1)C(=O)N[C@@H]1CC=C[C@H](c2ccccc2)N(C2CCCC2)C1=O. The molecule has 6 nitrogen and oxygen atoms in total. The van der Waals surface area contributed by atoms with E-state index in [1.165, 1.54) is 6.92 Å². The van der Waals surface area contributed by atoms with Crippen LogP contribution in [0.5, 0.6) is 0 Å². The summed E-state index contributed by atoms with van der Waals surface area (Å²) in [5.41, 5.74) is 1.19. The normalized spacial score (nSPS) is 21.2. The summed E-state index contributed by atoms with van der Waals surface area (Å²) in [6.07, 6.45) is 8.02. The van der Waals surface area contributed by atoms with Crippen LogP contribution in [-0.2, 0) is 20.8 Å². The van der Waals surface area contributed by atoms with Gasteiger partial charge in [0.1, 0.15) is 23.7 Å². The van der Waals surface area contributed by atoms with E-state index in [9.17, 15) is 23.2 Å². The van der Waals surface area contributed by atoms with Gasteiger partial charge in [-0.15, -0.1) is 0 Å². The fourth-order valence-corrected chi connectivity index (χ4v) is 5.04. The Morgan fingerprint density at radius 3 is 2.39 bits per heavy atom. The van der Waals surface area contributed by atoms with Crippen LogP contribution in [0.4, 0.5) is 8.78 Å². The van der Waals surface area contributed by atoms with Gasteiger partial charge < -0.3 is 15.5 Å². The average Bonchev–Trinajstić information content (AvgIpc) is 3.31. The Hall–Kier alpha value is -3.55. The molecule has 36 heavy (non-hydrogen) atoms. The number of rotatable bonds is 7. The molecule has 2 N–H and O–H groups in total. The Labute approximate surface area is 209 Å². The topological polar surface area (TPSA) is 78.5 Å². The largest absolute Gasteiger partial charge is 0.344 e. The molecule has 1 heterocycles. The first-order chi connectivity index (χ1) is 17.3. The lowest BCUT2D eigenvalue weighted by atomic mass is 10.0.